The second-order valence-corrected chi connectivity index (χ2v) is 8.04. The maximum Gasteiger partial charge on any atom is 0.242 e. The molecular weight excluding hydrogens is 274 g/mol. The third kappa shape index (κ3) is 4.07. The zero-order valence-corrected chi connectivity index (χ0v) is 14.1. The summed E-state index contributed by atoms with van der Waals surface area (Å²) in [5.74, 6) is 0.404. The minimum atomic E-state index is -3.45. The van der Waals surface area contributed by atoms with Crippen molar-refractivity contribution in [2.45, 2.75) is 39.1 Å². The summed E-state index contributed by atoms with van der Waals surface area (Å²) in [4.78, 5) is 0.324. The Hall–Kier alpha value is -0.850. The van der Waals surface area contributed by atoms with Gasteiger partial charge < -0.3 is 9.88 Å². The first-order chi connectivity index (χ1) is 9.10. The van der Waals surface area contributed by atoms with E-state index in [9.17, 15) is 8.42 Å². The molecular formula is C14H27N3O2S. The van der Waals surface area contributed by atoms with Crippen LogP contribution in [0.15, 0.2) is 17.2 Å². The lowest BCUT2D eigenvalue weighted by Gasteiger charge is -2.29. The molecule has 1 aromatic rings. The molecule has 0 aromatic carbocycles. The first-order valence-corrected chi connectivity index (χ1v) is 8.38. The molecule has 0 saturated carbocycles. The van der Waals surface area contributed by atoms with Crippen LogP contribution < -0.4 is 10.0 Å². The molecule has 0 bridgehead atoms. The van der Waals surface area contributed by atoms with E-state index in [2.05, 4.69) is 37.7 Å². The summed E-state index contributed by atoms with van der Waals surface area (Å²) in [5, 5.41) is 3.02. The largest absolute Gasteiger partial charge is 0.352 e. The van der Waals surface area contributed by atoms with Crippen molar-refractivity contribution in [3.8, 4) is 0 Å². The fourth-order valence-electron chi connectivity index (χ4n) is 1.65. The quantitative estimate of drug-likeness (QED) is 0.806. The molecule has 0 fully saturated rings. The van der Waals surface area contributed by atoms with Gasteiger partial charge in [0, 0.05) is 32.0 Å². The Morgan fingerprint density at radius 3 is 2.45 bits per heavy atom. The summed E-state index contributed by atoms with van der Waals surface area (Å²) in [6, 6.07) is 1.71. The summed E-state index contributed by atoms with van der Waals surface area (Å²) in [6.07, 6.45) is 1.65. The van der Waals surface area contributed by atoms with Gasteiger partial charge in [0.05, 0.1) is 4.90 Å². The summed E-state index contributed by atoms with van der Waals surface area (Å²) < 4.78 is 29.2. The molecule has 0 saturated heterocycles. The molecule has 0 spiro atoms. The summed E-state index contributed by atoms with van der Waals surface area (Å²) in [6.45, 7) is 9.41. The highest BCUT2D eigenvalue weighted by molar-refractivity contribution is 7.89. The van der Waals surface area contributed by atoms with E-state index in [4.69, 9.17) is 0 Å². The average molecular weight is 301 g/mol. The third-order valence-electron chi connectivity index (χ3n) is 4.03. The highest BCUT2D eigenvalue weighted by Gasteiger charge is 2.26. The molecule has 1 heterocycles. The van der Waals surface area contributed by atoms with E-state index < -0.39 is 10.0 Å². The lowest BCUT2D eigenvalue weighted by atomic mass is 9.81. The number of nitrogens with one attached hydrogen (secondary N) is 2. The van der Waals surface area contributed by atoms with Crippen LogP contribution in [0.3, 0.4) is 0 Å². The third-order valence-corrected chi connectivity index (χ3v) is 5.40. The van der Waals surface area contributed by atoms with Gasteiger partial charge >= 0.3 is 0 Å². The number of aromatic nitrogens is 1. The van der Waals surface area contributed by atoms with Crippen LogP contribution in [-0.2, 0) is 23.6 Å². The van der Waals surface area contributed by atoms with E-state index in [1.165, 1.54) is 0 Å². The molecule has 0 aliphatic heterocycles. The highest BCUT2D eigenvalue weighted by atomic mass is 32.2. The molecule has 2 N–H and O–H groups in total. The Balaban J connectivity index is 2.87. The van der Waals surface area contributed by atoms with Crippen molar-refractivity contribution in [3.05, 3.63) is 18.0 Å². The topological polar surface area (TPSA) is 63.1 Å². The fraction of sp³-hybridized carbons (Fsp3) is 0.714. The van der Waals surface area contributed by atoms with E-state index in [0.29, 0.717) is 23.9 Å². The molecule has 0 aliphatic rings. The monoisotopic (exact) mass is 301 g/mol. The van der Waals surface area contributed by atoms with Crippen LogP contribution in [0, 0.1) is 11.3 Å². The standard InChI is InChI=1S/C14H27N3O2S/c1-11(2)14(3,4)10-16-20(18,19)13-7-12(8-15-5)17(6)9-13/h7,9,11,15-16H,8,10H2,1-6H3. The number of hydrogen-bond donors (Lipinski definition) is 2. The SMILES string of the molecule is CNCc1cc(S(=O)(=O)NCC(C)(C)C(C)C)cn1C. The maximum absolute atomic E-state index is 12.3. The van der Waals surface area contributed by atoms with Crippen molar-refractivity contribution in [1.82, 2.24) is 14.6 Å². The second kappa shape index (κ2) is 6.28. The Kier molecular flexibility index (Phi) is 5.40. The first kappa shape index (κ1) is 17.2. The van der Waals surface area contributed by atoms with Crippen LogP contribution >= 0.6 is 0 Å². The molecule has 1 rings (SSSR count). The van der Waals surface area contributed by atoms with Gasteiger partial charge in [-0.05, 0) is 24.4 Å². The van der Waals surface area contributed by atoms with Crippen LogP contribution in [0.25, 0.3) is 0 Å². The average Bonchev–Trinajstić information content (AvgIpc) is 2.70. The zero-order valence-electron chi connectivity index (χ0n) is 13.3. The normalized spacial score (nSPS) is 13.2. The van der Waals surface area contributed by atoms with Crippen LogP contribution in [0.1, 0.15) is 33.4 Å². The van der Waals surface area contributed by atoms with E-state index in [1.54, 1.807) is 12.3 Å². The number of aryl methyl sites for hydroxylation is 1. The second-order valence-electron chi connectivity index (χ2n) is 6.28. The molecule has 0 aliphatic carbocycles. The van der Waals surface area contributed by atoms with Gasteiger partial charge in [0.2, 0.25) is 10.0 Å². The minimum absolute atomic E-state index is 0.0738. The molecule has 5 nitrogen and oxygen atoms in total. The Bertz CT molecular complexity index is 545. The van der Waals surface area contributed by atoms with Crippen LogP contribution in [0.2, 0.25) is 0 Å². The summed E-state index contributed by atoms with van der Waals surface area (Å²) in [5.41, 5.74) is 0.867. The fourth-order valence-corrected chi connectivity index (χ4v) is 2.97. The lowest BCUT2D eigenvalue weighted by molar-refractivity contribution is 0.252. The molecule has 116 valence electrons. The van der Waals surface area contributed by atoms with E-state index >= 15 is 0 Å². The van der Waals surface area contributed by atoms with Crippen LogP contribution in [0.4, 0.5) is 0 Å². The van der Waals surface area contributed by atoms with Gasteiger partial charge in [-0.25, -0.2) is 13.1 Å². The number of rotatable bonds is 7. The van der Waals surface area contributed by atoms with Gasteiger partial charge in [-0.15, -0.1) is 0 Å². The van der Waals surface area contributed by atoms with Crippen molar-refractivity contribution in [1.29, 1.82) is 0 Å². The molecule has 20 heavy (non-hydrogen) atoms. The number of hydrogen-bond acceptors (Lipinski definition) is 3. The lowest BCUT2D eigenvalue weighted by Crippen LogP contribution is -2.36. The van der Waals surface area contributed by atoms with Crippen LogP contribution in [0.5, 0.6) is 0 Å². The molecule has 0 atom stereocenters. The van der Waals surface area contributed by atoms with Gasteiger partial charge in [-0.2, -0.15) is 0 Å². The molecule has 0 unspecified atom stereocenters. The number of nitrogens with zero attached hydrogens (tertiary/aromatic N) is 1. The van der Waals surface area contributed by atoms with Crippen molar-refractivity contribution in [2.24, 2.45) is 18.4 Å². The van der Waals surface area contributed by atoms with Crippen LogP contribution in [-0.4, -0.2) is 26.6 Å². The van der Waals surface area contributed by atoms with Crippen molar-refractivity contribution >= 4 is 10.0 Å². The highest BCUT2D eigenvalue weighted by Crippen LogP contribution is 2.25. The predicted octanol–water partition coefficient (Wildman–Crippen LogP) is 1.70. The van der Waals surface area contributed by atoms with Gasteiger partial charge in [0.1, 0.15) is 0 Å². The smallest absolute Gasteiger partial charge is 0.242 e. The maximum atomic E-state index is 12.3. The van der Waals surface area contributed by atoms with Gasteiger partial charge in [-0.3, -0.25) is 0 Å². The zero-order chi connectivity index (χ0) is 15.6. The predicted molar refractivity (Wildman–Crippen MR) is 82.0 cm³/mol. The van der Waals surface area contributed by atoms with E-state index in [-0.39, 0.29) is 5.41 Å². The van der Waals surface area contributed by atoms with Gasteiger partial charge in [0.15, 0.2) is 0 Å². The van der Waals surface area contributed by atoms with E-state index in [1.807, 2.05) is 18.7 Å². The van der Waals surface area contributed by atoms with Crippen molar-refractivity contribution in [3.63, 3.8) is 0 Å². The Labute approximate surface area is 122 Å². The molecule has 6 heteroatoms. The molecule has 1 aromatic heterocycles. The summed E-state index contributed by atoms with van der Waals surface area (Å²) >= 11 is 0. The number of sulfonamides is 1. The van der Waals surface area contributed by atoms with Crippen molar-refractivity contribution in [2.75, 3.05) is 13.6 Å². The van der Waals surface area contributed by atoms with Gasteiger partial charge in [-0.1, -0.05) is 27.7 Å². The minimum Gasteiger partial charge on any atom is -0.352 e. The molecule has 0 radical (unpaired) electrons. The first-order valence-electron chi connectivity index (χ1n) is 6.89. The Morgan fingerprint density at radius 2 is 1.95 bits per heavy atom. The van der Waals surface area contributed by atoms with Crippen molar-refractivity contribution < 1.29 is 8.42 Å². The Morgan fingerprint density at radius 1 is 1.35 bits per heavy atom. The van der Waals surface area contributed by atoms with E-state index in [0.717, 1.165) is 5.69 Å². The summed E-state index contributed by atoms with van der Waals surface area (Å²) in [7, 11) is 0.243. The molecule has 0 amide bonds. The van der Waals surface area contributed by atoms with Gasteiger partial charge in [0.25, 0.3) is 0 Å².